The van der Waals surface area contributed by atoms with Gasteiger partial charge in [-0.1, -0.05) is 39.8 Å². The molecule has 0 heterocycles. The third-order valence-electron chi connectivity index (χ3n) is 5.11. The van der Waals surface area contributed by atoms with Gasteiger partial charge in [-0.25, -0.2) is 0 Å². The maximum Gasteiger partial charge on any atom is 0.133 e. The van der Waals surface area contributed by atoms with Crippen LogP contribution in [0.25, 0.3) is 10.8 Å². The third-order valence-corrected chi connectivity index (χ3v) is 5.93. The van der Waals surface area contributed by atoms with Crippen LogP contribution in [-0.4, -0.2) is 7.11 Å². The summed E-state index contributed by atoms with van der Waals surface area (Å²) in [6, 6.07) is 8.96. The summed E-state index contributed by atoms with van der Waals surface area (Å²) in [5, 5.41) is 2.53. The van der Waals surface area contributed by atoms with Crippen molar-refractivity contribution in [2.45, 2.75) is 51.4 Å². The molecule has 1 aliphatic rings. The molecule has 0 spiro atoms. The second-order valence-corrected chi connectivity index (χ2v) is 8.26. The Morgan fingerprint density at radius 1 is 0.952 bits per heavy atom. The maximum atomic E-state index is 5.44. The van der Waals surface area contributed by atoms with E-state index in [-0.39, 0.29) is 10.8 Å². The fourth-order valence-corrected chi connectivity index (χ4v) is 4.13. The molecular weight excluding hydrogens is 324 g/mol. The Morgan fingerprint density at radius 3 is 2.10 bits per heavy atom. The number of methoxy groups -OCH3 is 1. The van der Waals surface area contributed by atoms with Crippen molar-refractivity contribution in [2.24, 2.45) is 0 Å². The molecule has 1 aliphatic carbocycles. The first-order valence-electron chi connectivity index (χ1n) is 7.57. The number of benzene rings is 2. The molecule has 0 aromatic heterocycles. The van der Waals surface area contributed by atoms with Crippen LogP contribution in [0.4, 0.5) is 0 Å². The van der Waals surface area contributed by atoms with Crippen LogP contribution < -0.4 is 4.74 Å². The van der Waals surface area contributed by atoms with E-state index in [2.05, 4.69) is 61.8 Å². The Hall–Kier alpha value is -1.02. The summed E-state index contributed by atoms with van der Waals surface area (Å²) < 4.78 is 6.50. The fourth-order valence-electron chi connectivity index (χ4n) is 3.49. The molecule has 0 saturated heterocycles. The van der Waals surface area contributed by atoms with Gasteiger partial charge in [0.15, 0.2) is 0 Å². The lowest BCUT2D eigenvalue weighted by molar-refractivity contribution is 0.332. The number of hydrogen-bond acceptors (Lipinski definition) is 1. The Kier molecular flexibility index (Phi) is 3.36. The molecule has 2 aromatic rings. The summed E-state index contributed by atoms with van der Waals surface area (Å²) in [7, 11) is 1.72. The third kappa shape index (κ3) is 2.28. The second-order valence-electron chi connectivity index (χ2n) is 7.47. The average Bonchev–Trinajstić information content (AvgIpc) is 2.44. The van der Waals surface area contributed by atoms with Crippen molar-refractivity contribution in [2.75, 3.05) is 7.11 Å². The van der Waals surface area contributed by atoms with Gasteiger partial charge in [0, 0.05) is 0 Å². The van der Waals surface area contributed by atoms with E-state index in [1.165, 1.54) is 34.7 Å². The molecule has 0 fully saturated rings. The first kappa shape index (κ1) is 14.9. The van der Waals surface area contributed by atoms with Crippen LogP contribution in [0.5, 0.6) is 5.75 Å². The van der Waals surface area contributed by atoms with Gasteiger partial charge in [-0.05, 0) is 73.6 Å². The Labute approximate surface area is 135 Å². The number of halogens is 1. The van der Waals surface area contributed by atoms with Gasteiger partial charge in [0.1, 0.15) is 5.75 Å². The molecule has 1 nitrogen and oxygen atoms in total. The minimum atomic E-state index is 0.238. The predicted octanol–water partition coefficient (Wildman–Crippen LogP) is 5.96. The average molecular weight is 347 g/mol. The van der Waals surface area contributed by atoms with Crippen molar-refractivity contribution in [1.82, 2.24) is 0 Å². The number of ether oxygens (including phenoxy) is 1. The SMILES string of the molecule is COc1ccc2cc3c(cc2c1Br)C(C)(C)CCC3(C)C. The zero-order chi connectivity index (χ0) is 15.4. The van der Waals surface area contributed by atoms with E-state index < -0.39 is 0 Å². The molecule has 0 atom stereocenters. The molecule has 2 aromatic carbocycles. The standard InChI is InChI=1S/C19H23BrO/c1-18(2)8-9-19(3,4)15-11-13-12(10-14(15)18)6-7-16(21-5)17(13)20/h6-7,10-11H,8-9H2,1-5H3. The van der Waals surface area contributed by atoms with Gasteiger partial charge in [-0.3, -0.25) is 0 Å². The Morgan fingerprint density at radius 2 is 1.52 bits per heavy atom. The molecule has 21 heavy (non-hydrogen) atoms. The lowest BCUT2D eigenvalue weighted by atomic mass is 9.63. The van der Waals surface area contributed by atoms with E-state index in [0.717, 1.165) is 10.2 Å². The molecule has 0 bridgehead atoms. The maximum absolute atomic E-state index is 5.44. The minimum Gasteiger partial charge on any atom is -0.496 e. The van der Waals surface area contributed by atoms with E-state index in [4.69, 9.17) is 4.74 Å². The smallest absolute Gasteiger partial charge is 0.133 e. The van der Waals surface area contributed by atoms with Crippen LogP contribution in [-0.2, 0) is 10.8 Å². The number of fused-ring (bicyclic) bond motifs is 2. The molecule has 0 N–H and O–H groups in total. The molecular formula is C19H23BrO. The quantitative estimate of drug-likeness (QED) is 0.618. The van der Waals surface area contributed by atoms with Crippen molar-refractivity contribution in [3.8, 4) is 5.75 Å². The van der Waals surface area contributed by atoms with Gasteiger partial charge in [0.2, 0.25) is 0 Å². The van der Waals surface area contributed by atoms with Crippen molar-refractivity contribution in [1.29, 1.82) is 0 Å². The van der Waals surface area contributed by atoms with Gasteiger partial charge >= 0.3 is 0 Å². The normalized spacial score (nSPS) is 19.3. The van der Waals surface area contributed by atoms with Crippen LogP contribution in [0.1, 0.15) is 51.7 Å². The molecule has 0 amide bonds. The van der Waals surface area contributed by atoms with E-state index >= 15 is 0 Å². The van der Waals surface area contributed by atoms with Crippen LogP contribution in [0.15, 0.2) is 28.7 Å². The molecule has 2 heteroatoms. The summed E-state index contributed by atoms with van der Waals surface area (Å²) >= 11 is 3.71. The summed E-state index contributed by atoms with van der Waals surface area (Å²) in [4.78, 5) is 0. The molecule has 0 saturated carbocycles. The highest BCUT2D eigenvalue weighted by molar-refractivity contribution is 9.10. The van der Waals surface area contributed by atoms with Crippen LogP contribution >= 0.6 is 15.9 Å². The highest BCUT2D eigenvalue weighted by Gasteiger charge is 2.37. The van der Waals surface area contributed by atoms with Crippen molar-refractivity contribution >= 4 is 26.7 Å². The summed E-state index contributed by atoms with van der Waals surface area (Å²) in [5.74, 6) is 0.898. The topological polar surface area (TPSA) is 9.23 Å². The lowest BCUT2D eigenvalue weighted by Gasteiger charge is -2.42. The zero-order valence-corrected chi connectivity index (χ0v) is 15.1. The molecule has 0 radical (unpaired) electrons. The van der Waals surface area contributed by atoms with Crippen molar-refractivity contribution in [3.05, 3.63) is 39.9 Å². The van der Waals surface area contributed by atoms with Gasteiger partial charge in [0.25, 0.3) is 0 Å². The van der Waals surface area contributed by atoms with Crippen LogP contribution in [0.3, 0.4) is 0 Å². The second kappa shape index (κ2) is 4.74. The molecule has 0 unspecified atom stereocenters. The predicted molar refractivity (Wildman–Crippen MR) is 93.5 cm³/mol. The van der Waals surface area contributed by atoms with E-state index in [1.807, 2.05) is 6.07 Å². The highest BCUT2D eigenvalue weighted by Crippen LogP contribution is 2.48. The monoisotopic (exact) mass is 346 g/mol. The zero-order valence-electron chi connectivity index (χ0n) is 13.5. The van der Waals surface area contributed by atoms with Gasteiger partial charge in [0.05, 0.1) is 11.6 Å². The van der Waals surface area contributed by atoms with Crippen molar-refractivity contribution < 1.29 is 4.74 Å². The van der Waals surface area contributed by atoms with Gasteiger partial charge in [-0.15, -0.1) is 0 Å². The molecule has 0 aliphatic heterocycles. The summed E-state index contributed by atoms with van der Waals surface area (Å²) in [6.07, 6.45) is 2.48. The largest absolute Gasteiger partial charge is 0.496 e. The number of hydrogen-bond donors (Lipinski definition) is 0. The first-order chi connectivity index (χ1) is 9.76. The summed E-state index contributed by atoms with van der Waals surface area (Å²) in [6.45, 7) is 9.46. The Bertz CT molecular complexity index is 713. The lowest BCUT2D eigenvalue weighted by Crippen LogP contribution is -2.33. The van der Waals surface area contributed by atoms with E-state index in [0.29, 0.717) is 0 Å². The fraction of sp³-hybridized carbons (Fsp3) is 0.474. The van der Waals surface area contributed by atoms with Crippen molar-refractivity contribution in [3.63, 3.8) is 0 Å². The molecule has 3 rings (SSSR count). The highest BCUT2D eigenvalue weighted by atomic mass is 79.9. The van der Waals surface area contributed by atoms with Crippen LogP contribution in [0.2, 0.25) is 0 Å². The van der Waals surface area contributed by atoms with Crippen LogP contribution in [0, 0.1) is 0 Å². The van der Waals surface area contributed by atoms with Gasteiger partial charge < -0.3 is 4.74 Å². The number of rotatable bonds is 1. The van der Waals surface area contributed by atoms with Gasteiger partial charge in [-0.2, -0.15) is 0 Å². The Balaban J connectivity index is 2.36. The first-order valence-corrected chi connectivity index (χ1v) is 8.37. The minimum absolute atomic E-state index is 0.238. The van der Waals surface area contributed by atoms with E-state index in [9.17, 15) is 0 Å². The summed E-state index contributed by atoms with van der Waals surface area (Å²) in [5.41, 5.74) is 3.48. The molecule has 112 valence electrons. The van der Waals surface area contributed by atoms with E-state index in [1.54, 1.807) is 7.11 Å².